The second-order valence-electron chi connectivity index (χ2n) is 6.13. The van der Waals surface area contributed by atoms with Gasteiger partial charge in [0.15, 0.2) is 0 Å². The van der Waals surface area contributed by atoms with E-state index in [1.54, 1.807) is 23.1 Å². The van der Waals surface area contributed by atoms with Crippen molar-refractivity contribution in [2.24, 2.45) is 0 Å². The lowest BCUT2D eigenvalue weighted by atomic mass is 10.2. The highest BCUT2D eigenvalue weighted by Crippen LogP contribution is 2.24. The normalized spacial score (nSPS) is 20.2. The maximum absolute atomic E-state index is 12.4. The van der Waals surface area contributed by atoms with E-state index >= 15 is 0 Å². The van der Waals surface area contributed by atoms with E-state index in [1.165, 1.54) is 0 Å². The standard InChI is InChI=1S/C16H18ClN5OS/c17-12-7-18-16(19-8-12)21-4-1-2-13(21)9-22-15(23)6-11-10-24-5-3-14(11)20-22/h6-8,13H,1-5,9-10H2. The van der Waals surface area contributed by atoms with Crippen molar-refractivity contribution in [3.8, 4) is 0 Å². The summed E-state index contributed by atoms with van der Waals surface area (Å²) in [6.07, 6.45) is 6.23. The minimum Gasteiger partial charge on any atom is -0.336 e. The van der Waals surface area contributed by atoms with Crippen LogP contribution in [-0.2, 0) is 18.7 Å². The number of rotatable bonds is 3. The van der Waals surface area contributed by atoms with E-state index < -0.39 is 0 Å². The van der Waals surface area contributed by atoms with E-state index in [-0.39, 0.29) is 11.6 Å². The smallest absolute Gasteiger partial charge is 0.267 e. The van der Waals surface area contributed by atoms with Crippen LogP contribution in [0.2, 0.25) is 5.02 Å². The van der Waals surface area contributed by atoms with Crippen LogP contribution >= 0.6 is 23.4 Å². The largest absolute Gasteiger partial charge is 0.336 e. The number of hydrogen-bond donors (Lipinski definition) is 0. The minimum absolute atomic E-state index is 0.0138. The molecule has 0 aromatic carbocycles. The molecule has 2 aromatic rings. The van der Waals surface area contributed by atoms with Gasteiger partial charge in [-0.3, -0.25) is 4.79 Å². The van der Waals surface area contributed by atoms with Gasteiger partial charge in [-0.1, -0.05) is 11.6 Å². The molecule has 6 nitrogen and oxygen atoms in total. The molecule has 2 aromatic heterocycles. The zero-order valence-electron chi connectivity index (χ0n) is 13.2. The van der Waals surface area contributed by atoms with Gasteiger partial charge in [-0.05, 0) is 24.2 Å². The van der Waals surface area contributed by atoms with E-state index in [9.17, 15) is 4.79 Å². The van der Waals surface area contributed by atoms with Crippen molar-refractivity contribution in [3.05, 3.63) is 45.1 Å². The Hall–Kier alpha value is -1.60. The van der Waals surface area contributed by atoms with E-state index in [4.69, 9.17) is 11.6 Å². The van der Waals surface area contributed by atoms with Gasteiger partial charge in [0.05, 0.1) is 35.7 Å². The van der Waals surface area contributed by atoms with Crippen molar-refractivity contribution in [2.45, 2.75) is 37.6 Å². The van der Waals surface area contributed by atoms with Gasteiger partial charge in [0.1, 0.15) is 0 Å². The molecule has 0 saturated carbocycles. The fraction of sp³-hybridized carbons (Fsp3) is 0.500. The predicted molar refractivity (Wildman–Crippen MR) is 95.8 cm³/mol. The first-order chi connectivity index (χ1) is 11.7. The zero-order valence-corrected chi connectivity index (χ0v) is 14.8. The first kappa shape index (κ1) is 15.9. The van der Waals surface area contributed by atoms with Gasteiger partial charge in [0.25, 0.3) is 5.56 Å². The summed E-state index contributed by atoms with van der Waals surface area (Å²) in [6.45, 7) is 1.47. The molecule has 0 spiro atoms. The molecular weight excluding hydrogens is 346 g/mol. The van der Waals surface area contributed by atoms with Crippen LogP contribution in [-0.4, -0.2) is 38.1 Å². The number of fused-ring (bicyclic) bond motifs is 1. The minimum atomic E-state index is -0.0138. The van der Waals surface area contributed by atoms with E-state index in [1.807, 2.05) is 11.8 Å². The van der Waals surface area contributed by atoms with Crippen LogP contribution in [0, 0.1) is 0 Å². The molecule has 0 radical (unpaired) electrons. The first-order valence-electron chi connectivity index (χ1n) is 8.12. The highest BCUT2D eigenvalue weighted by atomic mass is 35.5. The van der Waals surface area contributed by atoms with Crippen LogP contribution in [0.15, 0.2) is 23.3 Å². The predicted octanol–water partition coefficient (Wildman–Crippen LogP) is 2.14. The van der Waals surface area contributed by atoms with Gasteiger partial charge in [-0.25, -0.2) is 14.6 Å². The van der Waals surface area contributed by atoms with Crippen LogP contribution in [0.4, 0.5) is 5.95 Å². The van der Waals surface area contributed by atoms with Crippen molar-refractivity contribution in [1.82, 2.24) is 19.7 Å². The Bertz CT molecular complexity index is 794. The number of aryl methyl sites for hydroxylation is 1. The molecule has 24 heavy (non-hydrogen) atoms. The lowest BCUT2D eigenvalue weighted by Crippen LogP contribution is -2.38. The molecule has 4 rings (SSSR count). The molecule has 0 aliphatic carbocycles. The number of anilines is 1. The Kier molecular flexibility index (Phi) is 4.45. The van der Waals surface area contributed by atoms with Crippen molar-refractivity contribution < 1.29 is 0 Å². The van der Waals surface area contributed by atoms with Crippen molar-refractivity contribution in [1.29, 1.82) is 0 Å². The molecule has 8 heteroatoms. The van der Waals surface area contributed by atoms with Crippen molar-refractivity contribution in [3.63, 3.8) is 0 Å². The third-order valence-electron chi connectivity index (χ3n) is 4.53. The quantitative estimate of drug-likeness (QED) is 0.832. The summed E-state index contributed by atoms with van der Waals surface area (Å²) >= 11 is 7.73. The molecule has 0 bridgehead atoms. The Balaban J connectivity index is 1.58. The van der Waals surface area contributed by atoms with Crippen LogP contribution in [0.5, 0.6) is 0 Å². The average molecular weight is 364 g/mol. The average Bonchev–Trinajstić information content (AvgIpc) is 3.04. The molecule has 4 heterocycles. The lowest BCUT2D eigenvalue weighted by Gasteiger charge is -2.25. The number of aromatic nitrogens is 4. The fourth-order valence-electron chi connectivity index (χ4n) is 3.33. The highest BCUT2D eigenvalue weighted by Gasteiger charge is 2.28. The molecule has 0 N–H and O–H groups in total. The van der Waals surface area contributed by atoms with Crippen LogP contribution in [0.3, 0.4) is 0 Å². The molecule has 1 saturated heterocycles. The third-order valence-corrected chi connectivity index (χ3v) is 5.73. The Labute approximate surface area is 149 Å². The maximum atomic E-state index is 12.4. The monoisotopic (exact) mass is 363 g/mol. The molecule has 126 valence electrons. The number of halogens is 1. The SMILES string of the molecule is O=c1cc2c(nn1CC1CCCN1c1ncc(Cl)cn1)CCSC2. The van der Waals surface area contributed by atoms with Crippen LogP contribution in [0.1, 0.15) is 24.1 Å². The Morgan fingerprint density at radius 2 is 2.17 bits per heavy atom. The molecule has 1 atom stereocenters. The van der Waals surface area contributed by atoms with Crippen molar-refractivity contribution in [2.75, 3.05) is 17.2 Å². The summed E-state index contributed by atoms with van der Waals surface area (Å²) in [7, 11) is 0. The summed E-state index contributed by atoms with van der Waals surface area (Å²) in [5.41, 5.74) is 2.15. The maximum Gasteiger partial charge on any atom is 0.267 e. The van der Waals surface area contributed by atoms with Gasteiger partial charge in [-0.15, -0.1) is 0 Å². The molecular formula is C16H18ClN5OS. The van der Waals surface area contributed by atoms with Gasteiger partial charge in [-0.2, -0.15) is 16.9 Å². The lowest BCUT2D eigenvalue weighted by molar-refractivity contribution is 0.478. The van der Waals surface area contributed by atoms with Gasteiger partial charge in [0, 0.05) is 24.8 Å². The van der Waals surface area contributed by atoms with E-state index in [2.05, 4.69) is 20.0 Å². The van der Waals surface area contributed by atoms with E-state index in [0.29, 0.717) is 17.5 Å². The van der Waals surface area contributed by atoms with Gasteiger partial charge in [0.2, 0.25) is 5.95 Å². The second kappa shape index (κ2) is 6.72. The van der Waals surface area contributed by atoms with Gasteiger partial charge < -0.3 is 4.90 Å². The molecule has 1 unspecified atom stereocenters. The summed E-state index contributed by atoms with van der Waals surface area (Å²) < 4.78 is 1.62. The van der Waals surface area contributed by atoms with E-state index in [0.717, 1.165) is 48.6 Å². The Morgan fingerprint density at radius 3 is 3.00 bits per heavy atom. The number of hydrogen-bond acceptors (Lipinski definition) is 6. The highest BCUT2D eigenvalue weighted by molar-refractivity contribution is 7.98. The third kappa shape index (κ3) is 3.15. The number of thioether (sulfide) groups is 1. The van der Waals surface area contributed by atoms with Crippen molar-refractivity contribution >= 4 is 29.3 Å². The number of nitrogens with zero attached hydrogens (tertiary/aromatic N) is 5. The summed E-state index contributed by atoms with van der Waals surface area (Å²) in [5, 5.41) is 5.15. The Morgan fingerprint density at radius 1 is 1.33 bits per heavy atom. The summed E-state index contributed by atoms with van der Waals surface area (Å²) in [6, 6.07) is 1.94. The molecule has 0 amide bonds. The summed E-state index contributed by atoms with van der Waals surface area (Å²) in [5.74, 6) is 2.64. The topological polar surface area (TPSA) is 63.9 Å². The summed E-state index contributed by atoms with van der Waals surface area (Å²) in [4.78, 5) is 23.2. The fourth-order valence-corrected chi connectivity index (χ4v) is 4.38. The first-order valence-corrected chi connectivity index (χ1v) is 9.66. The van der Waals surface area contributed by atoms with Gasteiger partial charge >= 0.3 is 0 Å². The zero-order chi connectivity index (χ0) is 16.5. The van der Waals surface area contributed by atoms with Crippen LogP contribution < -0.4 is 10.5 Å². The molecule has 1 fully saturated rings. The molecule has 2 aliphatic rings. The molecule has 2 aliphatic heterocycles. The second-order valence-corrected chi connectivity index (χ2v) is 7.67. The van der Waals surface area contributed by atoms with Crippen LogP contribution in [0.25, 0.3) is 0 Å².